The maximum atomic E-state index is 13.2. The second-order valence-corrected chi connectivity index (χ2v) is 6.07. The van der Waals surface area contributed by atoms with Crippen LogP contribution < -0.4 is 10.2 Å². The standard InChI is InChI=1S/C21H19N3O/c1-2-15-9-11-17(12-10-15)24-20(16-6-5-13-22-14-16)23-19-8-4-3-7-18(19)21(24)25/h3-14,20,23H,2H2,1H3/t20-/m1/s1. The number of hydrogen-bond acceptors (Lipinski definition) is 3. The number of carbonyl (C=O) groups excluding carboxylic acids is 1. The van der Waals surface area contributed by atoms with Crippen LogP contribution >= 0.6 is 0 Å². The highest BCUT2D eigenvalue weighted by Gasteiger charge is 2.33. The molecule has 0 aliphatic carbocycles. The number of rotatable bonds is 3. The summed E-state index contributed by atoms with van der Waals surface area (Å²) < 4.78 is 0. The molecule has 0 saturated heterocycles. The maximum absolute atomic E-state index is 13.2. The summed E-state index contributed by atoms with van der Waals surface area (Å²) in [6.07, 6.45) is 4.22. The van der Waals surface area contributed by atoms with Gasteiger partial charge in [-0.15, -0.1) is 0 Å². The van der Waals surface area contributed by atoms with Gasteiger partial charge in [0.15, 0.2) is 0 Å². The van der Waals surface area contributed by atoms with Gasteiger partial charge in [-0.3, -0.25) is 14.7 Å². The lowest BCUT2D eigenvalue weighted by molar-refractivity contribution is 0.0975. The molecule has 4 rings (SSSR count). The van der Waals surface area contributed by atoms with Gasteiger partial charge in [0.1, 0.15) is 6.17 Å². The SMILES string of the molecule is CCc1ccc(N2C(=O)c3ccccc3N[C@H]2c2cccnc2)cc1. The zero-order valence-corrected chi connectivity index (χ0v) is 14.0. The quantitative estimate of drug-likeness (QED) is 0.774. The molecule has 2 aromatic carbocycles. The van der Waals surface area contributed by atoms with Gasteiger partial charge in [0.25, 0.3) is 5.91 Å². The first-order chi connectivity index (χ1) is 12.3. The van der Waals surface area contributed by atoms with Crippen molar-refractivity contribution in [3.63, 3.8) is 0 Å². The first-order valence-corrected chi connectivity index (χ1v) is 8.46. The average Bonchev–Trinajstić information content (AvgIpc) is 2.69. The van der Waals surface area contributed by atoms with Gasteiger partial charge < -0.3 is 5.32 Å². The first-order valence-electron chi connectivity index (χ1n) is 8.46. The Kier molecular flexibility index (Phi) is 3.94. The van der Waals surface area contributed by atoms with Crippen LogP contribution in [0.15, 0.2) is 73.1 Å². The summed E-state index contributed by atoms with van der Waals surface area (Å²) in [5, 5.41) is 3.49. The lowest BCUT2D eigenvalue weighted by Crippen LogP contribution is -2.43. The van der Waals surface area contributed by atoms with Crippen LogP contribution in [0.25, 0.3) is 0 Å². The van der Waals surface area contributed by atoms with Crippen LogP contribution in [0.3, 0.4) is 0 Å². The van der Waals surface area contributed by atoms with Crippen molar-refractivity contribution in [1.29, 1.82) is 0 Å². The predicted molar refractivity (Wildman–Crippen MR) is 99.7 cm³/mol. The number of fused-ring (bicyclic) bond motifs is 1. The number of amides is 1. The van der Waals surface area contributed by atoms with Crippen molar-refractivity contribution in [2.45, 2.75) is 19.5 Å². The number of carbonyl (C=O) groups is 1. The van der Waals surface area contributed by atoms with Crippen LogP contribution in [0.5, 0.6) is 0 Å². The molecule has 0 unspecified atom stereocenters. The summed E-state index contributed by atoms with van der Waals surface area (Å²) in [6.45, 7) is 2.12. The Morgan fingerprint density at radius 3 is 2.56 bits per heavy atom. The average molecular weight is 329 g/mol. The van der Waals surface area contributed by atoms with Crippen LogP contribution in [0, 0.1) is 0 Å². The minimum absolute atomic E-state index is 0.00699. The molecule has 3 aromatic rings. The third kappa shape index (κ3) is 2.76. The molecule has 0 radical (unpaired) electrons. The van der Waals surface area contributed by atoms with Gasteiger partial charge in [-0.1, -0.05) is 37.3 Å². The van der Waals surface area contributed by atoms with Gasteiger partial charge in [0, 0.05) is 29.3 Å². The number of nitrogens with zero attached hydrogens (tertiary/aromatic N) is 2. The molecule has 0 fully saturated rings. The van der Waals surface area contributed by atoms with E-state index in [1.165, 1.54) is 5.56 Å². The fraction of sp³-hybridized carbons (Fsp3) is 0.143. The molecule has 1 aromatic heterocycles. The molecular weight excluding hydrogens is 310 g/mol. The van der Waals surface area contributed by atoms with E-state index in [1.807, 2.05) is 48.5 Å². The minimum Gasteiger partial charge on any atom is -0.360 e. The van der Waals surface area contributed by atoms with Crippen molar-refractivity contribution in [1.82, 2.24) is 4.98 Å². The summed E-state index contributed by atoms with van der Waals surface area (Å²) in [4.78, 5) is 19.2. The topological polar surface area (TPSA) is 45.2 Å². The van der Waals surface area contributed by atoms with Gasteiger partial charge in [0.2, 0.25) is 0 Å². The summed E-state index contributed by atoms with van der Waals surface area (Å²) in [6, 6.07) is 19.7. The third-order valence-electron chi connectivity index (χ3n) is 4.55. The van der Waals surface area contributed by atoms with Crippen LogP contribution in [-0.4, -0.2) is 10.9 Å². The van der Waals surface area contributed by atoms with E-state index in [2.05, 4.69) is 29.4 Å². The van der Waals surface area contributed by atoms with Crippen molar-refractivity contribution >= 4 is 17.3 Å². The number of pyridine rings is 1. The number of aryl methyl sites for hydroxylation is 1. The van der Waals surface area contributed by atoms with Gasteiger partial charge in [-0.2, -0.15) is 0 Å². The second kappa shape index (κ2) is 6.40. The highest BCUT2D eigenvalue weighted by Crippen LogP contribution is 2.36. The van der Waals surface area contributed by atoms with Crippen LogP contribution in [0.2, 0.25) is 0 Å². The zero-order valence-electron chi connectivity index (χ0n) is 14.0. The lowest BCUT2D eigenvalue weighted by atomic mass is 10.0. The molecule has 1 amide bonds. The second-order valence-electron chi connectivity index (χ2n) is 6.07. The van der Waals surface area contributed by atoms with Crippen molar-refractivity contribution in [3.8, 4) is 0 Å². The molecule has 0 bridgehead atoms. The van der Waals surface area contributed by atoms with E-state index in [0.29, 0.717) is 5.56 Å². The highest BCUT2D eigenvalue weighted by molar-refractivity contribution is 6.12. The van der Waals surface area contributed by atoms with Crippen molar-refractivity contribution in [2.24, 2.45) is 0 Å². The van der Waals surface area contributed by atoms with E-state index < -0.39 is 0 Å². The highest BCUT2D eigenvalue weighted by atomic mass is 16.2. The third-order valence-corrected chi connectivity index (χ3v) is 4.55. The summed E-state index contributed by atoms with van der Waals surface area (Å²) in [7, 11) is 0. The maximum Gasteiger partial charge on any atom is 0.262 e. The first kappa shape index (κ1) is 15.4. The Hall–Kier alpha value is -3.14. The Bertz CT molecular complexity index is 891. The Morgan fingerprint density at radius 2 is 1.84 bits per heavy atom. The van der Waals surface area contributed by atoms with E-state index >= 15 is 0 Å². The monoisotopic (exact) mass is 329 g/mol. The molecule has 2 heterocycles. The molecule has 25 heavy (non-hydrogen) atoms. The molecule has 1 atom stereocenters. The Balaban J connectivity index is 1.83. The molecular formula is C21H19N3O. The predicted octanol–water partition coefficient (Wildman–Crippen LogP) is 4.42. The molecule has 124 valence electrons. The van der Waals surface area contributed by atoms with E-state index in [9.17, 15) is 4.79 Å². The van der Waals surface area contributed by atoms with Crippen molar-refractivity contribution in [3.05, 3.63) is 89.7 Å². The van der Waals surface area contributed by atoms with E-state index in [-0.39, 0.29) is 12.1 Å². The molecule has 1 aliphatic rings. The molecule has 0 spiro atoms. The molecule has 1 aliphatic heterocycles. The lowest BCUT2D eigenvalue weighted by Gasteiger charge is -2.38. The molecule has 0 saturated carbocycles. The van der Waals surface area contributed by atoms with E-state index in [0.717, 1.165) is 23.4 Å². The smallest absolute Gasteiger partial charge is 0.262 e. The fourth-order valence-corrected chi connectivity index (χ4v) is 3.18. The Labute approximate surface area is 147 Å². The number of anilines is 2. The van der Waals surface area contributed by atoms with E-state index in [1.54, 1.807) is 17.3 Å². The van der Waals surface area contributed by atoms with Gasteiger partial charge in [-0.25, -0.2) is 0 Å². The number of aromatic nitrogens is 1. The molecule has 4 heteroatoms. The summed E-state index contributed by atoms with van der Waals surface area (Å²) >= 11 is 0. The fourth-order valence-electron chi connectivity index (χ4n) is 3.18. The van der Waals surface area contributed by atoms with Crippen LogP contribution in [0.4, 0.5) is 11.4 Å². The Morgan fingerprint density at radius 1 is 1.04 bits per heavy atom. The number of para-hydroxylation sites is 1. The number of hydrogen-bond donors (Lipinski definition) is 1. The van der Waals surface area contributed by atoms with Crippen LogP contribution in [0.1, 0.15) is 34.6 Å². The molecule has 1 N–H and O–H groups in total. The minimum atomic E-state index is -0.288. The summed E-state index contributed by atoms with van der Waals surface area (Å²) in [5.41, 5.74) is 4.60. The van der Waals surface area contributed by atoms with Crippen molar-refractivity contribution < 1.29 is 4.79 Å². The zero-order chi connectivity index (χ0) is 17.2. The van der Waals surface area contributed by atoms with E-state index in [4.69, 9.17) is 0 Å². The van der Waals surface area contributed by atoms with Gasteiger partial charge in [-0.05, 0) is 42.3 Å². The van der Waals surface area contributed by atoms with Gasteiger partial charge in [0.05, 0.1) is 5.56 Å². The molecule has 4 nitrogen and oxygen atoms in total. The number of nitrogens with one attached hydrogen (secondary N) is 1. The van der Waals surface area contributed by atoms with Crippen LogP contribution in [-0.2, 0) is 6.42 Å². The van der Waals surface area contributed by atoms with Crippen molar-refractivity contribution in [2.75, 3.05) is 10.2 Å². The van der Waals surface area contributed by atoms with Gasteiger partial charge >= 0.3 is 0 Å². The number of benzene rings is 2. The summed E-state index contributed by atoms with van der Waals surface area (Å²) in [5.74, 6) is -0.00699. The normalized spacial score (nSPS) is 16.3. The largest absolute Gasteiger partial charge is 0.360 e.